The number of aryl methyl sites for hydroxylation is 1. The van der Waals surface area contributed by atoms with Gasteiger partial charge in [0.25, 0.3) is 5.89 Å². The molecule has 0 aliphatic heterocycles. The van der Waals surface area contributed by atoms with Crippen LogP contribution in [-0.2, 0) is 22.9 Å². The lowest BCUT2D eigenvalue weighted by atomic mass is 10.0. The van der Waals surface area contributed by atoms with Gasteiger partial charge in [0.05, 0.1) is 16.8 Å². The number of hydrogen-bond acceptors (Lipinski definition) is 8. The summed E-state index contributed by atoms with van der Waals surface area (Å²) < 4.78 is 49.5. The van der Waals surface area contributed by atoms with E-state index in [1.54, 1.807) is 25.4 Å². The second-order valence-corrected chi connectivity index (χ2v) is 12.5. The predicted octanol–water partition coefficient (Wildman–Crippen LogP) is 4.47. The van der Waals surface area contributed by atoms with E-state index in [4.69, 9.17) is 4.42 Å². The molecular formula is C27H29FN6O3S. The Morgan fingerprint density at radius 2 is 1.92 bits per heavy atom. The van der Waals surface area contributed by atoms with Gasteiger partial charge in [-0.05, 0) is 74.9 Å². The molecule has 6 rings (SSSR count). The molecule has 1 saturated carbocycles. The first-order chi connectivity index (χ1) is 18.1. The van der Waals surface area contributed by atoms with Gasteiger partial charge < -0.3 is 9.73 Å². The summed E-state index contributed by atoms with van der Waals surface area (Å²) >= 11 is 0. The molecule has 0 saturated heterocycles. The topological polar surface area (TPSA) is 123 Å². The van der Waals surface area contributed by atoms with Crippen LogP contribution in [0.1, 0.15) is 55.3 Å². The monoisotopic (exact) mass is 536 g/mol. The van der Waals surface area contributed by atoms with Gasteiger partial charge in [-0.1, -0.05) is 0 Å². The molecule has 0 unspecified atom stereocenters. The first-order valence-corrected chi connectivity index (χ1v) is 14.2. The van der Waals surface area contributed by atoms with Gasteiger partial charge in [0.15, 0.2) is 0 Å². The maximum absolute atomic E-state index is 14.3. The molecule has 11 heteroatoms. The van der Waals surface area contributed by atoms with Crippen LogP contribution in [0.25, 0.3) is 22.4 Å². The van der Waals surface area contributed by atoms with Crippen molar-refractivity contribution in [1.29, 1.82) is 0 Å². The first kappa shape index (κ1) is 24.9. The zero-order valence-electron chi connectivity index (χ0n) is 21.5. The van der Waals surface area contributed by atoms with E-state index in [2.05, 4.69) is 30.2 Å². The number of nitrogens with zero attached hydrogens (tertiary/aromatic N) is 4. The molecule has 2 aliphatic rings. The third-order valence-electron chi connectivity index (χ3n) is 6.94. The zero-order valence-corrected chi connectivity index (χ0v) is 22.3. The lowest BCUT2D eigenvalue weighted by Crippen LogP contribution is -2.36. The summed E-state index contributed by atoms with van der Waals surface area (Å²) in [5.41, 5.74) is 2.32. The van der Waals surface area contributed by atoms with E-state index >= 15 is 0 Å². The quantitative estimate of drug-likeness (QED) is 0.338. The van der Waals surface area contributed by atoms with E-state index in [1.807, 2.05) is 18.2 Å². The van der Waals surface area contributed by atoms with Gasteiger partial charge in [-0.15, -0.1) is 10.2 Å². The van der Waals surface area contributed by atoms with Crippen molar-refractivity contribution in [3.63, 3.8) is 0 Å². The van der Waals surface area contributed by atoms with Crippen molar-refractivity contribution in [2.75, 3.05) is 11.9 Å². The van der Waals surface area contributed by atoms with Crippen molar-refractivity contribution in [2.45, 2.75) is 69.0 Å². The number of hydrogen-bond donors (Lipinski definition) is 2. The molecule has 3 heterocycles. The van der Waals surface area contributed by atoms with Gasteiger partial charge >= 0.3 is 0 Å². The second kappa shape index (κ2) is 9.09. The molecule has 38 heavy (non-hydrogen) atoms. The zero-order chi connectivity index (χ0) is 26.7. The molecule has 4 aromatic rings. The lowest BCUT2D eigenvalue weighted by molar-refractivity contribution is 0.221. The number of fused-ring (bicyclic) bond motifs is 2. The molecule has 1 fully saturated rings. The smallest absolute Gasteiger partial charge is 0.266 e. The average Bonchev–Trinajstić information content (AvgIpc) is 3.51. The third-order valence-corrected chi connectivity index (χ3v) is 8.46. The Morgan fingerprint density at radius 3 is 2.58 bits per heavy atom. The van der Waals surface area contributed by atoms with Crippen molar-refractivity contribution in [2.24, 2.45) is 0 Å². The van der Waals surface area contributed by atoms with E-state index in [0.29, 0.717) is 41.6 Å². The van der Waals surface area contributed by atoms with Gasteiger partial charge in [0.2, 0.25) is 15.9 Å². The predicted molar refractivity (Wildman–Crippen MR) is 141 cm³/mol. The van der Waals surface area contributed by atoms with E-state index in [-0.39, 0.29) is 17.5 Å². The number of rotatable bonds is 8. The van der Waals surface area contributed by atoms with Crippen LogP contribution >= 0.6 is 0 Å². The summed E-state index contributed by atoms with van der Waals surface area (Å²) in [7, 11) is -3.98. The summed E-state index contributed by atoms with van der Waals surface area (Å²) in [4.78, 5) is 9.27. The Kier molecular flexibility index (Phi) is 5.95. The molecule has 0 radical (unpaired) electrons. The summed E-state index contributed by atoms with van der Waals surface area (Å²) in [6.45, 7) is 4.13. The minimum absolute atomic E-state index is 0.0393. The molecular weight excluding hydrogens is 507 g/mol. The number of alkyl halides is 1. The summed E-state index contributed by atoms with van der Waals surface area (Å²) in [5, 5.41) is 12.7. The van der Waals surface area contributed by atoms with Gasteiger partial charge in [-0.3, -0.25) is 4.98 Å². The average molecular weight is 537 g/mol. The molecule has 198 valence electrons. The Bertz CT molecular complexity index is 1630. The number of sulfonamides is 1. The first-order valence-electron chi connectivity index (χ1n) is 12.7. The largest absolute Gasteiger partial charge is 0.420 e. The number of nitrogens with one attached hydrogen (secondary N) is 2. The van der Waals surface area contributed by atoms with Crippen LogP contribution in [0.15, 0.2) is 46.0 Å². The van der Waals surface area contributed by atoms with Crippen LogP contribution in [-0.4, -0.2) is 46.8 Å². The van der Waals surface area contributed by atoms with Gasteiger partial charge in [0, 0.05) is 48.1 Å². The molecule has 0 spiro atoms. The number of halogens is 1. The standard InChI is InChI=1S/C27H29FN6O3S/c1-15-33-34-26(37-15)23-7-6-19(13-30-23)32-20-9-17-8-18-12-29-24(16-4-5-16)11-22(18)25(21(17)10-20)38(35,36)31-14-27(2,3)28/h6-8,11-13,16,20,31-32H,4-5,9-10,14H2,1-3H3/t20-/m1/s1. The molecule has 1 aromatic carbocycles. The molecule has 9 nitrogen and oxygen atoms in total. The van der Waals surface area contributed by atoms with Gasteiger partial charge in [-0.2, -0.15) is 0 Å². The Hall–Kier alpha value is -3.44. The van der Waals surface area contributed by atoms with Crippen LogP contribution in [0.3, 0.4) is 0 Å². The van der Waals surface area contributed by atoms with Crippen molar-refractivity contribution >= 4 is 26.5 Å². The highest BCUT2D eigenvalue weighted by Crippen LogP contribution is 2.42. The second-order valence-electron chi connectivity index (χ2n) is 10.8. The van der Waals surface area contributed by atoms with Crippen LogP contribution in [0.2, 0.25) is 0 Å². The molecule has 3 aromatic heterocycles. The molecule has 2 aliphatic carbocycles. The highest BCUT2D eigenvalue weighted by atomic mass is 32.2. The molecule has 1 atom stereocenters. The van der Waals surface area contributed by atoms with E-state index < -0.39 is 15.7 Å². The third kappa shape index (κ3) is 5.00. The summed E-state index contributed by atoms with van der Waals surface area (Å²) in [6.07, 6.45) is 6.73. The number of benzene rings is 1. The van der Waals surface area contributed by atoms with Crippen molar-refractivity contribution in [3.8, 4) is 11.6 Å². The Balaban J connectivity index is 1.32. The summed E-state index contributed by atoms with van der Waals surface area (Å²) in [5.74, 6) is 1.20. The Morgan fingerprint density at radius 1 is 1.11 bits per heavy atom. The van der Waals surface area contributed by atoms with Crippen LogP contribution < -0.4 is 10.0 Å². The highest BCUT2D eigenvalue weighted by molar-refractivity contribution is 7.89. The SMILES string of the molecule is Cc1nnc(-c2ccc(N[C@@H]3Cc4cc5cnc(C6CC6)cc5c(S(=O)(=O)NCC(C)(C)F)c4C3)cn2)o1. The fraction of sp³-hybridized carbons (Fsp3) is 0.407. The fourth-order valence-electron chi connectivity index (χ4n) is 4.96. The van der Waals surface area contributed by atoms with E-state index in [0.717, 1.165) is 40.7 Å². The maximum atomic E-state index is 14.3. The number of pyridine rings is 2. The van der Waals surface area contributed by atoms with E-state index in [1.165, 1.54) is 13.8 Å². The van der Waals surface area contributed by atoms with Crippen molar-refractivity contribution in [1.82, 2.24) is 24.9 Å². The maximum Gasteiger partial charge on any atom is 0.266 e. The lowest BCUT2D eigenvalue weighted by Gasteiger charge is -2.18. The normalized spacial score (nSPS) is 17.6. The molecule has 0 bridgehead atoms. The van der Waals surface area contributed by atoms with E-state index in [9.17, 15) is 12.8 Å². The van der Waals surface area contributed by atoms with Crippen molar-refractivity contribution < 1.29 is 17.2 Å². The number of aromatic nitrogens is 4. The molecule has 0 amide bonds. The Labute approximate surface area is 220 Å². The summed E-state index contributed by atoms with van der Waals surface area (Å²) in [6, 6.07) is 7.59. The highest BCUT2D eigenvalue weighted by Gasteiger charge is 2.33. The minimum Gasteiger partial charge on any atom is -0.420 e. The van der Waals surface area contributed by atoms with Crippen LogP contribution in [0.4, 0.5) is 10.1 Å². The minimum atomic E-state index is -3.98. The molecule has 2 N–H and O–H groups in total. The van der Waals surface area contributed by atoms with Gasteiger partial charge in [-0.25, -0.2) is 22.5 Å². The number of anilines is 1. The van der Waals surface area contributed by atoms with Crippen molar-refractivity contribution in [3.05, 3.63) is 59.4 Å². The van der Waals surface area contributed by atoms with Crippen LogP contribution in [0.5, 0.6) is 0 Å². The van der Waals surface area contributed by atoms with Gasteiger partial charge in [0.1, 0.15) is 11.4 Å². The fourth-order valence-corrected chi connectivity index (χ4v) is 6.64. The van der Waals surface area contributed by atoms with Crippen LogP contribution in [0, 0.1) is 6.92 Å².